The fraction of sp³-hybridized carbons (Fsp3) is 0.133. The zero-order valence-corrected chi connectivity index (χ0v) is 12.4. The molecule has 0 amide bonds. The van der Waals surface area contributed by atoms with Gasteiger partial charge in [-0.15, -0.1) is 0 Å². The molecule has 0 aliphatic heterocycles. The maximum absolute atomic E-state index is 9.22. The molecule has 0 heterocycles. The summed E-state index contributed by atoms with van der Waals surface area (Å²) < 4.78 is 5.67. The molecular formula is C15H11BrClNO. The van der Waals surface area contributed by atoms with Crippen molar-refractivity contribution in [2.45, 2.75) is 11.4 Å². The minimum absolute atomic E-state index is 0.533. The molecule has 4 heteroatoms. The van der Waals surface area contributed by atoms with Crippen molar-refractivity contribution in [1.29, 1.82) is 5.26 Å². The van der Waals surface area contributed by atoms with Crippen LogP contribution in [0.25, 0.3) is 0 Å². The van der Waals surface area contributed by atoms with Gasteiger partial charge < -0.3 is 4.74 Å². The summed E-state index contributed by atoms with van der Waals surface area (Å²) in [6.07, 6.45) is -0.705. The van der Waals surface area contributed by atoms with Gasteiger partial charge in [-0.05, 0) is 23.8 Å². The van der Waals surface area contributed by atoms with Gasteiger partial charge in [0.05, 0.1) is 0 Å². The van der Waals surface area contributed by atoms with E-state index >= 15 is 0 Å². The minimum atomic E-state index is -0.705. The molecular weight excluding hydrogens is 326 g/mol. The van der Waals surface area contributed by atoms with Crippen LogP contribution in [0.1, 0.15) is 17.2 Å². The molecule has 0 radical (unpaired) electrons. The molecule has 2 aromatic rings. The summed E-state index contributed by atoms with van der Waals surface area (Å²) in [4.78, 5) is 0. The Morgan fingerprint density at radius 1 is 1.16 bits per heavy atom. The molecule has 2 nitrogen and oxygen atoms in total. The molecule has 0 saturated heterocycles. The number of rotatable bonds is 4. The topological polar surface area (TPSA) is 33.0 Å². The van der Waals surface area contributed by atoms with Crippen LogP contribution in [0.5, 0.6) is 5.75 Å². The van der Waals surface area contributed by atoms with E-state index in [0.29, 0.717) is 16.3 Å². The number of benzene rings is 2. The zero-order valence-electron chi connectivity index (χ0n) is 10.0. The third-order valence-electron chi connectivity index (χ3n) is 2.64. The Kier molecular flexibility index (Phi) is 4.84. The molecule has 19 heavy (non-hydrogen) atoms. The maximum atomic E-state index is 9.22. The molecule has 0 aromatic heterocycles. The Morgan fingerprint density at radius 3 is 2.42 bits per heavy atom. The summed E-state index contributed by atoms with van der Waals surface area (Å²) in [5, 5.41) is 10.5. The highest BCUT2D eigenvalue weighted by molar-refractivity contribution is 9.08. The first kappa shape index (κ1) is 13.9. The molecule has 0 aliphatic carbocycles. The predicted molar refractivity (Wildman–Crippen MR) is 79.5 cm³/mol. The Morgan fingerprint density at radius 2 is 1.84 bits per heavy atom. The summed E-state index contributed by atoms with van der Waals surface area (Å²) in [6.45, 7) is 0. The third kappa shape index (κ3) is 3.50. The molecule has 0 saturated carbocycles. The molecule has 0 fully saturated rings. The fourth-order valence-corrected chi connectivity index (χ4v) is 2.25. The van der Waals surface area contributed by atoms with Crippen LogP contribution in [-0.2, 0) is 5.33 Å². The molecule has 0 N–H and O–H groups in total. The number of alkyl halides is 1. The van der Waals surface area contributed by atoms with Gasteiger partial charge in [-0.2, -0.15) is 5.26 Å². The number of nitriles is 1. The van der Waals surface area contributed by atoms with Crippen LogP contribution in [-0.4, -0.2) is 0 Å². The second-order valence-electron chi connectivity index (χ2n) is 3.93. The normalized spacial score (nSPS) is 11.6. The number of nitrogens with zero attached hydrogens (tertiary/aromatic N) is 1. The van der Waals surface area contributed by atoms with E-state index in [1.807, 2.05) is 36.4 Å². The minimum Gasteiger partial charge on any atom is -0.471 e. The average Bonchev–Trinajstić information content (AvgIpc) is 2.46. The summed E-state index contributed by atoms with van der Waals surface area (Å²) in [5.74, 6) is 0.649. The van der Waals surface area contributed by atoms with Gasteiger partial charge in [0.15, 0.2) is 0 Å². The molecule has 1 atom stereocenters. The van der Waals surface area contributed by atoms with Gasteiger partial charge in [0.1, 0.15) is 11.8 Å². The molecule has 1 unspecified atom stereocenters. The van der Waals surface area contributed by atoms with Crippen molar-refractivity contribution >= 4 is 27.5 Å². The molecule has 2 aromatic carbocycles. The van der Waals surface area contributed by atoms with Crippen molar-refractivity contribution in [3.63, 3.8) is 0 Å². The van der Waals surface area contributed by atoms with E-state index < -0.39 is 6.10 Å². The second kappa shape index (κ2) is 6.60. The van der Waals surface area contributed by atoms with E-state index in [-0.39, 0.29) is 0 Å². The van der Waals surface area contributed by atoms with Crippen LogP contribution in [0, 0.1) is 11.3 Å². The first-order chi connectivity index (χ1) is 9.24. The monoisotopic (exact) mass is 335 g/mol. The third-order valence-corrected chi connectivity index (χ3v) is 3.63. The SMILES string of the molecule is N#CC(Oc1ccc(CBr)cc1)c1ccccc1Cl. The van der Waals surface area contributed by atoms with Crippen LogP contribution in [0.3, 0.4) is 0 Å². The number of ether oxygens (including phenoxy) is 1. The lowest BCUT2D eigenvalue weighted by Gasteiger charge is -2.14. The van der Waals surface area contributed by atoms with Crippen molar-refractivity contribution in [2.24, 2.45) is 0 Å². The molecule has 2 rings (SSSR count). The quantitative estimate of drug-likeness (QED) is 0.746. The highest BCUT2D eigenvalue weighted by Crippen LogP contribution is 2.27. The van der Waals surface area contributed by atoms with E-state index in [1.165, 1.54) is 0 Å². The molecule has 96 valence electrons. The standard InChI is InChI=1S/C15H11BrClNO/c16-9-11-5-7-12(8-6-11)19-15(10-18)13-3-1-2-4-14(13)17/h1-8,15H,9H2. The summed E-state index contributed by atoms with van der Waals surface area (Å²) in [6, 6.07) is 16.9. The van der Waals surface area contributed by atoms with Crippen LogP contribution in [0.4, 0.5) is 0 Å². The lowest BCUT2D eigenvalue weighted by atomic mass is 10.1. The van der Waals surface area contributed by atoms with Gasteiger partial charge in [-0.1, -0.05) is 57.9 Å². The van der Waals surface area contributed by atoms with Gasteiger partial charge in [-0.3, -0.25) is 0 Å². The lowest BCUT2D eigenvalue weighted by molar-refractivity contribution is 0.262. The number of hydrogen-bond donors (Lipinski definition) is 0. The predicted octanol–water partition coefficient (Wildman–Crippen LogP) is 4.88. The molecule has 0 aliphatic rings. The highest BCUT2D eigenvalue weighted by atomic mass is 79.9. The Balaban J connectivity index is 2.20. The van der Waals surface area contributed by atoms with Gasteiger partial charge in [0.25, 0.3) is 0 Å². The van der Waals surface area contributed by atoms with Crippen molar-refractivity contribution < 1.29 is 4.74 Å². The van der Waals surface area contributed by atoms with Crippen molar-refractivity contribution in [2.75, 3.05) is 0 Å². The van der Waals surface area contributed by atoms with Crippen LogP contribution in [0.15, 0.2) is 48.5 Å². The fourth-order valence-electron chi connectivity index (χ4n) is 1.64. The smallest absolute Gasteiger partial charge is 0.210 e. The van der Waals surface area contributed by atoms with Crippen LogP contribution >= 0.6 is 27.5 Å². The van der Waals surface area contributed by atoms with Crippen LogP contribution in [0.2, 0.25) is 5.02 Å². The van der Waals surface area contributed by atoms with Crippen molar-refractivity contribution in [3.05, 3.63) is 64.7 Å². The molecule has 0 bridgehead atoms. The summed E-state index contributed by atoms with van der Waals surface area (Å²) in [5.41, 5.74) is 1.83. The van der Waals surface area contributed by atoms with Gasteiger partial charge in [-0.25, -0.2) is 0 Å². The van der Waals surface area contributed by atoms with E-state index in [4.69, 9.17) is 16.3 Å². The Hall–Kier alpha value is -1.50. The lowest BCUT2D eigenvalue weighted by Crippen LogP contribution is -2.05. The Bertz CT molecular complexity index is 592. The van der Waals surface area contributed by atoms with E-state index in [2.05, 4.69) is 22.0 Å². The van der Waals surface area contributed by atoms with Gasteiger partial charge >= 0.3 is 0 Å². The largest absolute Gasteiger partial charge is 0.471 e. The zero-order chi connectivity index (χ0) is 13.7. The molecule has 0 spiro atoms. The average molecular weight is 337 g/mol. The summed E-state index contributed by atoms with van der Waals surface area (Å²) in [7, 11) is 0. The highest BCUT2D eigenvalue weighted by Gasteiger charge is 2.15. The van der Waals surface area contributed by atoms with E-state index in [9.17, 15) is 5.26 Å². The van der Waals surface area contributed by atoms with Crippen molar-refractivity contribution in [1.82, 2.24) is 0 Å². The van der Waals surface area contributed by atoms with Gasteiger partial charge in [0.2, 0.25) is 6.10 Å². The first-order valence-electron chi connectivity index (χ1n) is 5.70. The van der Waals surface area contributed by atoms with E-state index in [0.717, 1.165) is 10.9 Å². The number of hydrogen-bond acceptors (Lipinski definition) is 2. The van der Waals surface area contributed by atoms with Crippen LogP contribution < -0.4 is 4.74 Å². The van der Waals surface area contributed by atoms with Crippen molar-refractivity contribution in [3.8, 4) is 11.8 Å². The summed E-state index contributed by atoms with van der Waals surface area (Å²) >= 11 is 9.46. The first-order valence-corrected chi connectivity index (χ1v) is 7.20. The van der Waals surface area contributed by atoms with E-state index in [1.54, 1.807) is 12.1 Å². The maximum Gasteiger partial charge on any atom is 0.210 e. The van der Waals surface area contributed by atoms with Gasteiger partial charge in [0, 0.05) is 15.9 Å². The number of halogens is 2. The Labute approximate surface area is 125 Å². The second-order valence-corrected chi connectivity index (χ2v) is 4.89.